The Kier molecular flexibility index (Phi) is 4.77. The number of carbonyl (C=O) groups excluding carboxylic acids is 2. The topological polar surface area (TPSA) is 66.6 Å². The Morgan fingerprint density at radius 2 is 2.00 bits per heavy atom. The minimum Gasteiger partial charge on any atom is -0.368 e. The van der Waals surface area contributed by atoms with Crippen molar-refractivity contribution >= 4 is 11.8 Å². The van der Waals surface area contributed by atoms with Crippen molar-refractivity contribution in [3.8, 4) is 0 Å². The molecule has 5 heteroatoms. The molecule has 21 heavy (non-hydrogen) atoms. The van der Waals surface area contributed by atoms with E-state index in [0.29, 0.717) is 5.70 Å². The van der Waals surface area contributed by atoms with Crippen LogP contribution >= 0.6 is 0 Å². The molecule has 0 radical (unpaired) electrons. The Bertz CT molecular complexity index is 578. The molecule has 110 valence electrons. The van der Waals surface area contributed by atoms with E-state index in [9.17, 15) is 9.59 Å². The standard InChI is InChI=1S/C16H19N3O2/c1-13(20)19(12-16(17)21)15-8-5-9-18(11-15)10-14-6-3-2-4-7-14/h2-8,11H,9-10,12H2,1H3,(H2,17,21). The van der Waals surface area contributed by atoms with Gasteiger partial charge in [-0.15, -0.1) is 0 Å². The van der Waals surface area contributed by atoms with Crippen LogP contribution < -0.4 is 5.73 Å². The van der Waals surface area contributed by atoms with Crippen LogP contribution in [0, 0.1) is 0 Å². The average Bonchev–Trinajstić information content (AvgIpc) is 2.45. The van der Waals surface area contributed by atoms with Gasteiger partial charge in [-0.05, 0) is 11.6 Å². The molecule has 0 bridgehead atoms. The fraction of sp³-hybridized carbons (Fsp3) is 0.250. The van der Waals surface area contributed by atoms with E-state index in [1.807, 2.05) is 36.6 Å². The summed E-state index contributed by atoms with van der Waals surface area (Å²) in [6.45, 7) is 2.83. The third-order valence-electron chi connectivity index (χ3n) is 3.18. The Hall–Kier alpha value is -2.56. The molecule has 0 aromatic heterocycles. The highest BCUT2D eigenvalue weighted by atomic mass is 16.2. The largest absolute Gasteiger partial charge is 0.368 e. The lowest BCUT2D eigenvalue weighted by Gasteiger charge is -2.28. The maximum atomic E-state index is 11.7. The van der Waals surface area contributed by atoms with Gasteiger partial charge in [-0.2, -0.15) is 0 Å². The SMILES string of the molecule is CC(=O)N(CC(N)=O)C1=CN(Cc2ccccc2)CC=C1. The molecule has 0 spiro atoms. The first kappa shape index (κ1) is 14.8. The van der Waals surface area contributed by atoms with E-state index in [1.165, 1.54) is 17.4 Å². The first-order valence-corrected chi connectivity index (χ1v) is 6.79. The van der Waals surface area contributed by atoms with Gasteiger partial charge in [-0.25, -0.2) is 0 Å². The molecule has 0 unspecified atom stereocenters. The van der Waals surface area contributed by atoms with Crippen LogP contribution in [0.2, 0.25) is 0 Å². The highest BCUT2D eigenvalue weighted by Gasteiger charge is 2.17. The van der Waals surface area contributed by atoms with E-state index < -0.39 is 5.91 Å². The smallest absolute Gasteiger partial charge is 0.237 e. The van der Waals surface area contributed by atoms with Crippen molar-refractivity contribution in [3.05, 3.63) is 59.9 Å². The summed E-state index contributed by atoms with van der Waals surface area (Å²) in [6.07, 6.45) is 5.69. The molecule has 0 fully saturated rings. The zero-order chi connectivity index (χ0) is 15.2. The zero-order valence-electron chi connectivity index (χ0n) is 12.0. The molecule has 2 rings (SSSR count). The molecule has 1 aliphatic heterocycles. The number of nitrogens with zero attached hydrogens (tertiary/aromatic N) is 2. The molecule has 2 N–H and O–H groups in total. The monoisotopic (exact) mass is 285 g/mol. The van der Waals surface area contributed by atoms with E-state index in [4.69, 9.17) is 5.73 Å². The predicted octanol–water partition coefficient (Wildman–Crippen LogP) is 1.23. The zero-order valence-corrected chi connectivity index (χ0v) is 12.0. The second kappa shape index (κ2) is 6.74. The minimum absolute atomic E-state index is 0.106. The molecule has 0 aliphatic carbocycles. The lowest BCUT2D eigenvalue weighted by molar-refractivity contribution is -0.131. The number of hydrogen-bond acceptors (Lipinski definition) is 3. The fourth-order valence-corrected chi connectivity index (χ4v) is 2.22. The number of carbonyl (C=O) groups is 2. The van der Waals surface area contributed by atoms with Crippen LogP contribution in [0.5, 0.6) is 0 Å². The highest BCUT2D eigenvalue weighted by molar-refractivity contribution is 5.84. The van der Waals surface area contributed by atoms with Crippen molar-refractivity contribution in [1.29, 1.82) is 0 Å². The third-order valence-corrected chi connectivity index (χ3v) is 3.18. The summed E-state index contributed by atoms with van der Waals surface area (Å²) in [6, 6.07) is 10.1. The highest BCUT2D eigenvalue weighted by Crippen LogP contribution is 2.15. The van der Waals surface area contributed by atoms with Crippen molar-refractivity contribution in [3.63, 3.8) is 0 Å². The summed E-state index contributed by atoms with van der Waals surface area (Å²) in [4.78, 5) is 26.2. The number of primary amides is 1. The minimum atomic E-state index is -0.528. The van der Waals surface area contributed by atoms with E-state index in [-0.39, 0.29) is 12.5 Å². The first-order chi connectivity index (χ1) is 10.1. The van der Waals surface area contributed by atoms with Gasteiger partial charge >= 0.3 is 0 Å². The summed E-state index contributed by atoms with van der Waals surface area (Å²) in [5.74, 6) is -0.731. The number of rotatable bonds is 5. The summed E-state index contributed by atoms with van der Waals surface area (Å²) in [5.41, 5.74) is 7.07. The maximum Gasteiger partial charge on any atom is 0.237 e. The maximum absolute atomic E-state index is 11.7. The van der Waals surface area contributed by atoms with Crippen molar-refractivity contribution < 1.29 is 9.59 Å². The van der Waals surface area contributed by atoms with Gasteiger partial charge in [0.1, 0.15) is 6.54 Å². The van der Waals surface area contributed by atoms with Gasteiger partial charge < -0.3 is 15.5 Å². The first-order valence-electron chi connectivity index (χ1n) is 6.79. The van der Waals surface area contributed by atoms with Crippen LogP contribution in [0.1, 0.15) is 12.5 Å². The lowest BCUT2D eigenvalue weighted by atomic mass is 10.2. The number of nitrogens with two attached hydrogens (primary N) is 1. The van der Waals surface area contributed by atoms with Crippen LogP contribution in [0.15, 0.2) is 54.4 Å². The van der Waals surface area contributed by atoms with E-state index >= 15 is 0 Å². The molecule has 1 aliphatic rings. The third kappa shape index (κ3) is 4.21. The van der Waals surface area contributed by atoms with Crippen LogP contribution in [-0.4, -0.2) is 34.7 Å². The second-order valence-electron chi connectivity index (χ2n) is 4.94. The molecule has 0 saturated heterocycles. The number of hydrogen-bond donors (Lipinski definition) is 1. The summed E-state index contributed by atoms with van der Waals surface area (Å²) in [5, 5.41) is 0. The van der Waals surface area contributed by atoms with Crippen LogP contribution in [0.25, 0.3) is 0 Å². The predicted molar refractivity (Wildman–Crippen MR) is 80.7 cm³/mol. The molecule has 1 aromatic carbocycles. The molecular weight excluding hydrogens is 266 g/mol. The number of amides is 2. The Labute approximate surface area is 124 Å². The van der Waals surface area contributed by atoms with E-state index in [0.717, 1.165) is 13.1 Å². The van der Waals surface area contributed by atoms with Gasteiger partial charge in [-0.3, -0.25) is 9.59 Å². The molecule has 0 saturated carbocycles. The van der Waals surface area contributed by atoms with Gasteiger partial charge in [0.15, 0.2) is 0 Å². The lowest BCUT2D eigenvalue weighted by Crippen LogP contribution is -2.37. The summed E-state index contributed by atoms with van der Waals surface area (Å²) < 4.78 is 0. The van der Waals surface area contributed by atoms with Crippen molar-refractivity contribution in [2.75, 3.05) is 13.1 Å². The molecule has 0 atom stereocenters. The van der Waals surface area contributed by atoms with Crippen LogP contribution in [0.3, 0.4) is 0 Å². The normalized spacial score (nSPS) is 13.8. The van der Waals surface area contributed by atoms with Gasteiger partial charge in [0, 0.05) is 26.2 Å². The van der Waals surface area contributed by atoms with Gasteiger partial charge in [0.2, 0.25) is 11.8 Å². The van der Waals surface area contributed by atoms with Crippen LogP contribution in [-0.2, 0) is 16.1 Å². The van der Waals surface area contributed by atoms with Crippen molar-refractivity contribution in [2.45, 2.75) is 13.5 Å². The number of benzene rings is 1. The van der Waals surface area contributed by atoms with Gasteiger partial charge in [-0.1, -0.05) is 36.4 Å². The van der Waals surface area contributed by atoms with E-state index in [2.05, 4.69) is 17.0 Å². The Morgan fingerprint density at radius 1 is 1.29 bits per heavy atom. The van der Waals surface area contributed by atoms with Crippen LogP contribution in [0.4, 0.5) is 0 Å². The quantitative estimate of drug-likeness (QED) is 0.885. The average molecular weight is 285 g/mol. The number of allylic oxidation sites excluding steroid dienone is 1. The molecular formula is C16H19N3O2. The molecule has 2 amide bonds. The molecule has 1 aromatic rings. The van der Waals surface area contributed by atoms with Crippen molar-refractivity contribution in [2.24, 2.45) is 5.73 Å². The Balaban J connectivity index is 2.13. The Morgan fingerprint density at radius 3 is 2.62 bits per heavy atom. The molecule has 5 nitrogen and oxygen atoms in total. The van der Waals surface area contributed by atoms with E-state index in [1.54, 1.807) is 0 Å². The second-order valence-corrected chi connectivity index (χ2v) is 4.94. The summed E-state index contributed by atoms with van der Waals surface area (Å²) in [7, 11) is 0. The fourth-order valence-electron chi connectivity index (χ4n) is 2.22. The van der Waals surface area contributed by atoms with Gasteiger partial charge in [0.25, 0.3) is 0 Å². The van der Waals surface area contributed by atoms with Crippen molar-refractivity contribution in [1.82, 2.24) is 9.80 Å². The summed E-state index contributed by atoms with van der Waals surface area (Å²) >= 11 is 0. The van der Waals surface area contributed by atoms with Gasteiger partial charge in [0.05, 0.1) is 5.70 Å². The molecule has 1 heterocycles.